The minimum absolute atomic E-state index is 0.134. The number of hydrogen-bond acceptors (Lipinski definition) is 6. The maximum absolute atomic E-state index is 12.1. The minimum atomic E-state index is -3.30. The van der Waals surface area contributed by atoms with Gasteiger partial charge in [-0.3, -0.25) is 4.79 Å². The number of carbonyl (C=O) groups excluding carboxylic acids is 1. The Balaban J connectivity index is 1.42. The summed E-state index contributed by atoms with van der Waals surface area (Å²) in [6.07, 6.45) is 3.97. The number of sulfone groups is 1. The molecule has 2 heterocycles. The van der Waals surface area contributed by atoms with Gasteiger partial charge in [-0.25, -0.2) is 8.42 Å². The van der Waals surface area contributed by atoms with Crippen molar-refractivity contribution < 1.29 is 13.2 Å². The van der Waals surface area contributed by atoms with Crippen molar-refractivity contribution in [2.24, 2.45) is 0 Å². The molecule has 0 fully saturated rings. The van der Waals surface area contributed by atoms with Gasteiger partial charge in [0.25, 0.3) is 0 Å². The summed E-state index contributed by atoms with van der Waals surface area (Å²) >= 11 is 0. The van der Waals surface area contributed by atoms with Gasteiger partial charge in [-0.2, -0.15) is 0 Å². The fraction of sp³-hybridized carbons (Fsp3) is 0.286. The van der Waals surface area contributed by atoms with Crippen molar-refractivity contribution in [3.63, 3.8) is 0 Å². The van der Waals surface area contributed by atoms with Crippen LogP contribution in [0.2, 0.25) is 0 Å². The Morgan fingerprint density at radius 2 is 1.70 bits per heavy atom. The van der Waals surface area contributed by atoms with E-state index in [2.05, 4.69) is 20.8 Å². The van der Waals surface area contributed by atoms with Crippen molar-refractivity contribution in [3.05, 3.63) is 66.5 Å². The van der Waals surface area contributed by atoms with Gasteiger partial charge < -0.3 is 15.2 Å². The number of rotatable bonds is 9. The molecule has 1 amide bonds. The molecular weight excluding hydrogens is 402 g/mol. The molecule has 0 saturated heterocycles. The first kappa shape index (κ1) is 21.5. The van der Waals surface area contributed by atoms with Gasteiger partial charge in [0, 0.05) is 25.5 Å². The minimum Gasteiger partial charge on any atom is -0.367 e. The Labute approximate surface area is 176 Å². The Morgan fingerprint density at radius 1 is 1.00 bits per heavy atom. The van der Waals surface area contributed by atoms with Gasteiger partial charge in [0.1, 0.15) is 5.82 Å². The van der Waals surface area contributed by atoms with Crippen LogP contribution in [-0.4, -0.2) is 47.4 Å². The molecule has 9 heteroatoms. The van der Waals surface area contributed by atoms with Gasteiger partial charge in [-0.1, -0.05) is 12.1 Å². The van der Waals surface area contributed by atoms with Crippen LogP contribution in [0.5, 0.6) is 0 Å². The van der Waals surface area contributed by atoms with Crippen LogP contribution in [0.15, 0.2) is 65.8 Å². The smallest absolute Gasteiger partial charge is 0.224 e. The van der Waals surface area contributed by atoms with Crippen LogP contribution in [0.3, 0.4) is 0 Å². The Hall–Kier alpha value is -3.20. The van der Waals surface area contributed by atoms with Crippen LogP contribution in [0.1, 0.15) is 19.4 Å². The van der Waals surface area contributed by atoms with Gasteiger partial charge in [0.15, 0.2) is 15.7 Å². The zero-order valence-corrected chi connectivity index (χ0v) is 17.8. The summed E-state index contributed by atoms with van der Waals surface area (Å²) in [4.78, 5) is 12.4. The molecule has 8 nitrogen and oxygen atoms in total. The van der Waals surface area contributed by atoms with Gasteiger partial charge in [0.05, 0.1) is 16.6 Å². The highest BCUT2D eigenvalue weighted by molar-refractivity contribution is 7.92. The van der Waals surface area contributed by atoms with E-state index in [0.29, 0.717) is 18.9 Å². The van der Waals surface area contributed by atoms with Crippen LogP contribution >= 0.6 is 0 Å². The van der Waals surface area contributed by atoms with E-state index in [0.717, 1.165) is 11.4 Å². The molecule has 0 unspecified atom stereocenters. The molecule has 0 saturated carbocycles. The third-order valence-corrected chi connectivity index (χ3v) is 6.68. The third-order valence-electron chi connectivity index (χ3n) is 4.51. The van der Waals surface area contributed by atoms with Crippen molar-refractivity contribution in [1.29, 1.82) is 0 Å². The molecule has 0 aliphatic heterocycles. The first-order chi connectivity index (χ1) is 14.4. The maximum Gasteiger partial charge on any atom is 0.224 e. The van der Waals surface area contributed by atoms with Crippen molar-refractivity contribution in [2.75, 3.05) is 18.4 Å². The fourth-order valence-corrected chi connectivity index (χ4v) is 3.81. The summed E-state index contributed by atoms with van der Waals surface area (Å²) in [5.41, 5.74) is 0.759. The van der Waals surface area contributed by atoms with Crippen LogP contribution in [0.25, 0.3) is 5.82 Å². The molecule has 0 aliphatic carbocycles. The molecule has 3 aromatic rings. The van der Waals surface area contributed by atoms with Gasteiger partial charge in [-0.15, -0.1) is 10.2 Å². The molecular formula is C21H25N5O3S. The Bertz CT molecular complexity index is 1060. The van der Waals surface area contributed by atoms with E-state index in [1.807, 2.05) is 41.2 Å². The molecule has 0 spiro atoms. The lowest BCUT2D eigenvalue weighted by Crippen LogP contribution is -2.30. The molecule has 0 radical (unpaired) electrons. The molecule has 0 bridgehead atoms. The van der Waals surface area contributed by atoms with Crippen LogP contribution in [-0.2, 0) is 21.1 Å². The molecule has 30 heavy (non-hydrogen) atoms. The average molecular weight is 428 g/mol. The number of nitrogens with one attached hydrogen (secondary N) is 2. The summed E-state index contributed by atoms with van der Waals surface area (Å²) in [7, 11) is -3.30. The molecule has 1 aromatic carbocycles. The SMILES string of the molecule is CC(C)S(=O)(=O)c1ccc(CC(=O)NCCNc2ccc(-n3cccc3)nn2)cc1. The Morgan fingerprint density at radius 3 is 2.30 bits per heavy atom. The van der Waals surface area contributed by atoms with Crippen LogP contribution in [0, 0.1) is 0 Å². The van der Waals surface area contributed by atoms with E-state index in [4.69, 9.17) is 0 Å². The topological polar surface area (TPSA) is 106 Å². The molecule has 158 valence electrons. The largest absolute Gasteiger partial charge is 0.367 e. The average Bonchev–Trinajstić information content (AvgIpc) is 3.27. The van der Waals surface area contributed by atoms with Crippen LogP contribution < -0.4 is 10.6 Å². The normalized spacial score (nSPS) is 11.4. The van der Waals surface area contributed by atoms with Crippen molar-refractivity contribution in [2.45, 2.75) is 30.4 Å². The number of nitrogens with zero attached hydrogens (tertiary/aromatic N) is 3. The van der Waals surface area contributed by atoms with E-state index in [9.17, 15) is 13.2 Å². The van der Waals surface area contributed by atoms with Crippen molar-refractivity contribution in [3.8, 4) is 5.82 Å². The van der Waals surface area contributed by atoms with Crippen molar-refractivity contribution >= 4 is 21.6 Å². The lowest BCUT2D eigenvalue weighted by Gasteiger charge is -2.09. The number of amides is 1. The van der Waals surface area contributed by atoms with E-state index >= 15 is 0 Å². The van der Waals surface area contributed by atoms with E-state index in [1.54, 1.807) is 38.1 Å². The zero-order chi connectivity index (χ0) is 21.6. The fourth-order valence-electron chi connectivity index (χ4n) is 2.75. The highest BCUT2D eigenvalue weighted by Gasteiger charge is 2.18. The molecule has 0 aliphatic rings. The molecule has 2 aromatic heterocycles. The standard InChI is InChI=1S/C21H25N5O3S/c1-16(2)30(28,29)18-7-5-17(6-8-18)15-21(27)23-12-11-22-19-9-10-20(25-24-19)26-13-3-4-14-26/h3-10,13-14,16H,11-12,15H2,1-2H3,(H,22,24)(H,23,27). The lowest BCUT2D eigenvalue weighted by atomic mass is 10.1. The summed E-state index contributed by atoms with van der Waals surface area (Å²) in [6.45, 7) is 4.23. The molecule has 2 N–H and O–H groups in total. The van der Waals surface area contributed by atoms with Gasteiger partial charge in [0.2, 0.25) is 5.91 Å². The number of anilines is 1. The highest BCUT2D eigenvalue weighted by Crippen LogP contribution is 2.16. The highest BCUT2D eigenvalue weighted by atomic mass is 32.2. The zero-order valence-electron chi connectivity index (χ0n) is 16.9. The lowest BCUT2D eigenvalue weighted by molar-refractivity contribution is -0.120. The summed E-state index contributed by atoms with van der Waals surface area (Å²) in [5, 5.41) is 13.7. The summed E-state index contributed by atoms with van der Waals surface area (Å²) in [6, 6.07) is 14.0. The number of carbonyl (C=O) groups is 1. The van der Waals surface area contributed by atoms with Crippen LogP contribution in [0.4, 0.5) is 5.82 Å². The summed E-state index contributed by atoms with van der Waals surface area (Å²) < 4.78 is 26.1. The summed E-state index contributed by atoms with van der Waals surface area (Å²) in [5.74, 6) is 1.22. The number of benzene rings is 1. The maximum atomic E-state index is 12.1. The monoisotopic (exact) mass is 427 g/mol. The Kier molecular flexibility index (Phi) is 6.83. The van der Waals surface area contributed by atoms with E-state index < -0.39 is 15.1 Å². The number of hydrogen-bond donors (Lipinski definition) is 2. The first-order valence-corrected chi connectivity index (χ1v) is 11.2. The van der Waals surface area contributed by atoms with Gasteiger partial charge >= 0.3 is 0 Å². The molecule has 0 atom stereocenters. The third kappa shape index (κ3) is 5.44. The van der Waals surface area contributed by atoms with Gasteiger partial charge in [-0.05, 0) is 55.8 Å². The quantitative estimate of drug-likeness (QED) is 0.507. The number of aromatic nitrogens is 3. The predicted octanol–water partition coefficient (Wildman–Crippen LogP) is 2.22. The second-order valence-electron chi connectivity index (χ2n) is 7.06. The predicted molar refractivity (Wildman–Crippen MR) is 115 cm³/mol. The second-order valence-corrected chi connectivity index (χ2v) is 9.56. The molecule has 3 rings (SSSR count). The van der Waals surface area contributed by atoms with Crippen molar-refractivity contribution in [1.82, 2.24) is 20.1 Å². The first-order valence-electron chi connectivity index (χ1n) is 9.67. The van der Waals surface area contributed by atoms with E-state index in [-0.39, 0.29) is 17.2 Å². The second kappa shape index (κ2) is 9.53. The van der Waals surface area contributed by atoms with E-state index in [1.165, 1.54) is 0 Å².